The lowest BCUT2D eigenvalue weighted by atomic mass is 9.92. The third-order valence-electron chi connectivity index (χ3n) is 1.28. The zero-order valence-corrected chi connectivity index (χ0v) is 8.63. The Morgan fingerprint density at radius 3 is 2.36 bits per heavy atom. The Hall–Kier alpha value is -0.190. The van der Waals surface area contributed by atoms with Crippen molar-refractivity contribution in [3.8, 4) is 0 Å². The molecule has 0 heterocycles. The summed E-state index contributed by atoms with van der Waals surface area (Å²) in [5.74, 6) is 0. The molecular weight excluding hydrogens is 156 g/mol. The van der Waals surface area contributed by atoms with Crippen LogP contribution < -0.4 is 0 Å². The van der Waals surface area contributed by atoms with Crippen LogP contribution in [-0.4, -0.2) is 0 Å². The van der Waals surface area contributed by atoms with Gasteiger partial charge in [-0.3, -0.25) is 0 Å². The summed E-state index contributed by atoms with van der Waals surface area (Å²) < 4.78 is 0. The van der Waals surface area contributed by atoms with Crippen LogP contribution in [0.3, 0.4) is 0 Å². The van der Waals surface area contributed by atoms with E-state index in [4.69, 9.17) is 11.6 Å². The molecule has 11 heavy (non-hydrogen) atoms. The van der Waals surface area contributed by atoms with Crippen LogP contribution in [0.15, 0.2) is 16.8 Å². The molecule has 0 aliphatic rings. The Morgan fingerprint density at radius 1 is 1.45 bits per heavy atom. The normalized spacial score (nSPS) is 10.6. The summed E-state index contributed by atoms with van der Waals surface area (Å²) in [6.45, 7) is 8.63. The smallest absolute Gasteiger partial charge is 0.0591 e. The molecule has 0 rings (SSSR count). The number of halogens is 1. The van der Waals surface area contributed by atoms with E-state index in [-0.39, 0.29) is 0 Å². The van der Waals surface area contributed by atoms with Crippen molar-refractivity contribution in [3.63, 3.8) is 0 Å². The minimum Gasteiger partial charge on any atom is -0.109 e. The van der Waals surface area contributed by atoms with Gasteiger partial charge >= 0.3 is 0 Å². The first-order valence-electron chi connectivity index (χ1n) is 4.05. The van der Waals surface area contributed by atoms with E-state index in [1.807, 2.05) is 13.0 Å². The molecule has 0 radical (unpaired) electrons. The molecule has 0 saturated heterocycles. The summed E-state index contributed by atoms with van der Waals surface area (Å²) in [6, 6.07) is 0. The van der Waals surface area contributed by atoms with Crippen LogP contribution in [0, 0.1) is 5.41 Å². The second kappa shape index (κ2) is 4.64. The van der Waals surface area contributed by atoms with Gasteiger partial charge in [-0.25, -0.2) is 0 Å². The van der Waals surface area contributed by atoms with Gasteiger partial charge in [-0.15, -0.1) is 5.73 Å². The third-order valence-corrected chi connectivity index (χ3v) is 1.66. The van der Waals surface area contributed by atoms with Crippen molar-refractivity contribution in [3.05, 3.63) is 16.8 Å². The molecule has 0 fully saturated rings. The van der Waals surface area contributed by atoms with Gasteiger partial charge in [0.1, 0.15) is 0 Å². The van der Waals surface area contributed by atoms with Crippen molar-refractivity contribution in [1.29, 1.82) is 0 Å². The maximum atomic E-state index is 5.77. The van der Waals surface area contributed by atoms with Gasteiger partial charge in [0.25, 0.3) is 0 Å². The van der Waals surface area contributed by atoms with Gasteiger partial charge < -0.3 is 0 Å². The molecule has 0 bridgehead atoms. The highest BCUT2D eigenvalue weighted by Crippen LogP contribution is 2.18. The van der Waals surface area contributed by atoms with Crippen molar-refractivity contribution in [2.45, 2.75) is 40.5 Å². The van der Waals surface area contributed by atoms with Crippen molar-refractivity contribution in [1.82, 2.24) is 0 Å². The maximum Gasteiger partial charge on any atom is 0.0591 e. The lowest BCUT2D eigenvalue weighted by Crippen LogP contribution is -2.01. The van der Waals surface area contributed by atoms with E-state index in [2.05, 4.69) is 26.5 Å². The second-order valence-electron chi connectivity index (χ2n) is 3.87. The summed E-state index contributed by atoms with van der Waals surface area (Å²) in [6.07, 6.45) is 3.93. The monoisotopic (exact) mass is 172 g/mol. The van der Waals surface area contributed by atoms with Crippen LogP contribution in [0.5, 0.6) is 0 Å². The molecular formula is C10H17Cl. The first kappa shape index (κ1) is 10.8. The predicted octanol–water partition coefficient (Wildman–Crippen LogP) is 4.11. The zero-order chi connectivity index (χ0) is 8.91. The van der Waals surface area contributed by atoms with Crippen LogP contribution >= 0.6 is 11.6 Å². The molecule has 0 spiro atoms. The van der Waals surface area contributed by atoms with Gasteiger partial charge in [0, 0.05) is 0 Å². The summed E-state index contributed by atoms with van der Waals surface area (Å²) in [5.41, 5.74) is 3.39. The predicted molar refractivity (Wildman–Crippen MR) is 51.8 cm³/mol. The molecule has 0 aliphatic heterocycles. The quantitative estimate of drug-likeness (QED) is 0.550. The number of hydrogen-bond acceptors (Lipinski definition) is 0. The molecule has 0 aliphatic carbocycles. The molecule has 0 nitrogen and oxygen atoms in total. The highest BCUT2D eigenvalue weighted by Gasteiger charge is 2.05. The molecule has 1 heteroatoms. The first-order chi connectivity index (χ1) is 4.95. The Morgan fingerprint density at radius 2 is 2.00 bits per heavy atom. The first-order valence-corrected chi connectivity index (χ1v) is 4.43. The van der Waals surface area contributed by atoms with E-state index in [0.29, 0.717) is 5.41 Å². The van der Waals surface area contributed by atoms with Gasteiger partial charge in [-0.1, -0.05) is 39.3 Å². The van der Waals surface area contributed by atoms with E-state index >= 15 is 0 Å². The molecule has 0 aromatic heterocycles. The number of rotatable bonds is 2. The van der Waals surface area contributed by atoms with Crippen molar-refractivity contribution < 1.29 is 0 Å². The number of hydrogen-bond donors (Lipinski definition) is 0. The van der Waals surface area contributed by atoms with Crippen LogP contribution in [0.25, 0.3) is 0 Å². The minimum absolute atomic E-state index is 0.345. The Bertz CT molecular complexity index is 166. The number of allylic oxidation sites excluding steroid dienone is 1. The van der Waals surface area contributed by atoms with E-state index in [9.17, 15) is 0 Å². The molecule has 64 valence electrons. The van der Waals surface area contributed by atoms with Crippen LogP contribution in [0.2, 0.25) is 0 Å². The highest BCUT2D eigenvalue weighted by molar-refractivity contribution is 6.29. The lowest BCUT2D eigenvalue weighted by Gasteiger charge is -2.13. The highest BCUT2D eigenvalue weighted by atomic mass is 35.5. The average Bonchev–Trinajstić information content (AvgIpc) is 1.85. The second-order valence-corrected chi connectivity index (χ2v) is 4.33. The Labute approximate surface area is 74.9 Å². The van der Waals surface area contributed by atoms with Crippen molar-refractivity contribution in [2.24, 2.45) is 5.41 Å². The van der Waals surface area contributed by atoms with E-state index in [1.54, 1.807) is 0 Å². The van der Waals surface area contributed by atoms with Crippen LogP contribution in [0.1, 0.15) is 40.5 Å². The zero-order valence-electron chi connectivity index (χ0n) is 7.87. The maximum absolute atomic E-state index is 5.77. The summed E-state index contributed by atoms with van der Waals surface area (Å²) in [4.78, 5) is 0. The van der Waals surface area contributed by atoms with E-state index in [1.165, 1.54) is 0 Å². The fourth-order valence-electron chi connectivity index (χ4n) is 0.570. The third kappa shape index (κ3) is 7.71. The van der Waals surface area contributed by atoms with Gasteiger partial charge in [-0.2, -0.15) is 0 Å². The van der Waals surface area contributed by atoms with Gasteiger partial charge in [0.15, 0.2) is 0 Å². The van der Waals surface area contributed by atoms with Crippen molar-refractivity contribution in [2.75, 3.05) is 0 Å². The van der Waals surface area contributed by atoms with Crippen molar-refractivity contribution >= 4 is 11.6 Å². The Balaban J connectivity index is 3.96. The molecule has 0 unspecified atom stereocenters. The average molecular weight is 173 g/mol. The summed E-state index contributed by atoms with van der Waals surface area (Å²) in [5, 5.41) is 0.814. The Kier molecular flexibility index (Phi) is 4.56. The SMILES string of the molecule is CCC(Cl)=C=CCC(C)(C)C. The molecule has 0 amide bonds. The lowest BCUT2D eigenvalue weighted by molar-refractivity contribution is 0.421. The fourth-order valence-corrected chi connectivity index (χ4v) is 0.647. The molecule has 0 saturated carbocycles. The standard InChI is InChI=1S/C10H17Cl/c1-5-9(11)7-6-8-10(2,3)4/h6H,5,8H2,1-4H3. The topological polar surface area (TPSA) is 0 Å². The van der Waals surface area contributed by atoms with Crippen LogP contribution in [-0.2, 0) is 0 Å². The molecule has 0 N–H and O–H groups in total. The summed E-state index contributed by atoms with van der Waals surface area (Å²) in [7, 11) is 0. The van der Waals surface area contributed by atoms with Gasteiger partial charge in [0.05, 0.1) is 5.03 Å². The molecule has 0 atom stereocenters. The largest absolute Gasteiger partial charge is 0.109 e. The van der Waals surface area contributed by atoms with E-state index < -0.39 is 0 Å². The fraction of sp³-hybridized carbons (Fsp3) is 0.700. The van der Waals surface area contributed by atoms with Gasteiger partial charge in [0.2, 0.25) is 0 Å². The minimum atomic E-state index is 0.345. The van der Waals surface area contributed by atoms with Crippen LogP contribution in [0.4, 0.5) is 0 Å². The molecule has 0 aromatic rings. The van der Waals surface area contributed by atoms with Gasteiger partial charge in [-0.05, 0) is 24.3 Å². The summed E-state index contributed by atoms with van der Waals surface area (Å²) >= 11 is 5.77. The van der Waals surface area contributed by atoms with E-state index in [0.717, 1.165) is 17.9 Å². The molecule has 0 aromatic carbocycles.